The number of nitrogens with zero attached hydrogens (tertiary/aromatic N) is 2. The van der Waals surface area contributed by atoms with Gasteiger partial charge < -0.3 is 9.84 Å². The maximum absolute atomic E-state index is 9.49. The first-order valence-electron chi connectivity index (χ1n) is 4.46. The molecule has 0 spiro atoms. The van der Waals surface area contributed by atoms with Gasteiger partial charge in [0.05, 0.1) is 25.0 Å². The monoisotopic (exact) mass is 217 g/mol. The lowest BCUT2D eigenvalue weighted by molar-refractivity contribution is 0.0152. The van der Waals surface area contributed by atoms with Gasteiger partial charge in [0, 0.05) is 5.75 Å². The molecule has 1 atom stereocenters. The molecular weight excluding hydrogens is 202 g/mol. The van der Waals surface area contributed by atoms with Gasteiger partial charge in [-0.15, -0.1) is 16.9 Å². The zero-order valence-corrected chi connectivity index (χ0v) is 9.12. The average molecular weight is 217 g/mol. The highest BCUT2D eigenvalue weighted by Crippen LogP contribution is 2.13. The van der Waals surface area contributed by atoms with E-state index in [0.717, 1.165) is 5.03 Å². The summed E-state index contributed by atoms with van der Waals surface area (Å²) in [5, 5.41) is 20.3. The van der Waals surface area contributed by atoms with Crippen molar-refractivity contribution in [3.63, 3.8) is 0 Å². The van der Waals surface area contributed by atoms with Crippen molar-refractivity contribution >= 4 is 11.8 Å². The van der Waals surface area contributed by atoms with Crippen molar-refractivity contribution in [2.75, 3.05) is 12.4 Å². The molecule has 0 aliphatic rings. The number of thioether (sulfide) groups is 1. The van der Waals surface area contributed by atoms with Crippen LogP contribution in [0.2, 0.25) is 0 Å². The lowest BCUT2D eigenvalue weighted by atomic mass is 10.4. The van der Waals surface area contributed by atoms with Crippen LogP contribution < -0.4 is 0 Å². The molecule has 0 fully saturated rings. The van der Waals surface area contributed by atoms with Gasteiger partial charge in [-0.1, -0.05) is 0 Å². The van der Waals surface area contributed by atoms with Crippen LogP contribution in [0.1, 0.15) is 13.8 Å². The SMILES string of the molecule is CC(C)OCC(O)CSc1cn[nH]n1. The van der Waals surface area contributed by atoms with Crippen molar-refractivity contribution in [3.8, 4) is 0 Å². The number of aromatic amines is 1. The average Bonchev–Trinajstić information content (AvgIpc) is 2.63. The summed E-state index contributed by atoms with van der Waals surface area (Å²) in [5.74, 6) is 0.569. The maximum Gasteiger partial charge on any atom is 0.138 e. The predicted octanol–water partition coefficient (Wildman–Crippen LogP) is 0.683. The van der Waals surface area contributed by atoms with Crippen LogP contribution in [0.25, 0.3) is 0 Å². The Bertz CT molecular complexity index is 241. The number of aliphatic hydroxyl groups is 1. The maximum atomic E-state index is 9.49. The van der Waals surface area contributed by atoms with E-state index < -0.39 is 6.10 Å². The summed E-state index contributed by atoms with van der Waals surface area (Å²) in [6.45, 7) is 4.25. The van der Waals surface area contributed by atoms with Crippen molar-refractivity contribution < 1.29 is 9.84 Å². The third-order valence-electron chi connectivity index (χ3n) is 1.44. The van der Waals surface area contributed by atoms with Crippen molar-refractivity contribution in [2.45, 2.75) is 31.1 Å². The minimum atomic E-state index is -0.459. The smallest absolute Gasteiger partial charge is 0.138 e. The number of H-pyrrole nitrogens is 1. The Morgan fingerprint density at radius 1 is 1.64 bits per heavy atom. The number of ether oxygens (including phenoxy) is 1. The van der Waals surface area contributed by atoms with Gasteiger partial charge in [-0.2, -0.15) is 10.3 Å². The molecule has 5 nitrogen and oxygen atoms in total. The van der Waals surface area contributed by atoms with E-state index in [1.54, 1.807) is 6.20 Å². The van der Waals surface area contributed by atoms with Gasteiger partial charge in [0.25, 0.3) is 0 Å². The van der Waals surface area contributed by atoms with Gasteiger partial charge in [-0.3, -0.25) is 0 Å². The number of nitrogens with one attached hydrogen (secondary N) is 1. The quantitative estimate of drug-likeness (QED) is 0.686. The van der Waals surface area contributed by atoms with Crippen LogP contribution in [0.4, 0.5) is 0 Å². The largest absolute Gasteiger partial charge is 0.390 e. The van der Waals surface area contributed by atoms with E-state index in [1.165, 1.54) is 11.8 Å². The van der Waals surface area contributed by atoms with E-state index in [4.69, 9.17) is 4.74 Å². The van der Waals surface area contributed by atoms with Gasteiger partial charge >= 0.3 is 0 Å². The second kappa shape index (κ2) is 6.00. The number of aliphatic hydroxyl groups excluding tert-OH is 1. The zero-order chi connectivity index (χ0) is 10.4. The zero-order valence-electron chi connectivity index (χ0n) is 8.30. The number of rotatable bonds is 6. The summed E-state index contributed by atoms with van der Waals surface area (Å²) < 4.78 is 5.27. The lowest BCUT2D eigenvalue weighted by Crippen LogP contribution is -2.20. The van der Waals surface area contributed by atoms with E-state index in [2.05, 4.69) is 15.4 Å². The summed E-state index contributed by atoms with van der Waals surface area (Å²) >= 11 is 1.45. The molecule has 1 aromatic rings. The van der Waals surface area contributed by atoms with Crippen LogP contribution in [0.15, 0.2) is 11.2 Å². The summed E-state index contributed by atoms with van der Waals surface area (Å²) in [6.07, 6.45) is 1.32. The van der Waals surface area contributed by atoms with Gasteiger partial charge in [0.2, 0.25) is 0 Å². The first-order valence-corrected chi connectivity index (χ1v) is 5.45. The molecule has 0 aromatic carbocycles. The van der Waals surface area contributed by atoms with Crippen molar-refractivity contribution in [3.05, 3.63) is 6.20 Å². The topological polar surface area (TPSA) is 71.0 Å². The summed E-state index contributed by atoms with van der Waals surface area (Å²) in [4.78, 5) is 0. The molecule has 1 heterocycles. The molecule has 1 unspecified atom stereocenters. The highest BCUT2D eigenvalue weighted by Gasteiger charge is 2.07. The minimum Gasteiger partial charge on any atom is -0.390 e. The first-order chi connectivity index (χ1) is 6.68. The molecule has 1 rings (SSSR count). The van der Waals surface area contributed by atoms with Crippen LogP contribution in [-0.4, -0.2) is 45.1 Å². The Hall–Kier alpha value is -0.590. The van der Waals surface area contributed by atoms with Crippen LogP contribution in [-0.2, 0) is 4.74 Å². The molecule has 0 amide bonds. The molecule has 0 bridgehead atoms. The van der Waals surface area contributed by atoms with E-state index in [1.807, 2.05) is 13.8 Å². The normalized spacial score (nSPS) is 13.4. The van der Waals surface area contributed by atoms with E-state index in [0.29, 0.717) is 12.4 Å². The number of aromatic nitrogens is 3. The first kappa shape index (κ1) is 11.5. The molecule has 80 valence electrons. The predicted molar refractivity (Wildman–Crippen MR) is 54.2 cm³/mol. The second-order valence-corrected chi connectivity index (χ2v) is 4.20. The fourth-order valence-electron chi connectivity index (χ4n) is 0.794. The van der Waals surface area contributed by atoms with Crippen molar-refractivity contribution in [2.24, 2.45) is 0 Å². The Balaban J connectivity index is 2.12. The van der Waals surface area contributed by atoms with Gasteiger partial charge in [0.1, 0.15) is 5.03 Å². The van der Waals surface area contributed by atoms with Crippen LogP contribution in [0.5, 0.6) is 0 Å². The van der Waals surface area contributed by atoms with Gasteiger partial charge in [-0.25, -0.2) is 0 Å². The molecule has 0 aliphatic carbocycles. The molecular formula is C8H15N3O2S. The fraction of sp³-hybridized carbons (Fsp3) is 0.750. The third-order valence-corrected chi connectivity index (χ3v) is 2.48. The molecule has 0 radical (unpaired) electrons. The second-order valence-electron chi connectivity index (χ2n) is 3.16. The standard InChI is InChI=1S/C8H15N3O2S/c1-6(2)13-4-7(12)5-14-8-3-9-11-10-8/h3,6-7,12H,4-5H2,1-2H3,(H,9,10,11). The highest BCUT2D eigenvalue weighted by atomic mass is 32.2. The molecule has 0 aliphatic heterocycles. The summed E-state index contributed by atoms with van der Waals surface area (Å²) in [6, 6.07) is 0. The van der Waals surface area contributed by atoms with E-state index in [9.17, 15) is 5.11 Å². The third kappa shape index (κ3) is 4.59. The molecule has 2 N–H and O–H groups in total. The number of hydrogen-bond acceptors (Lipinski definition) is 5. The fourth-order valence-corrected chi connectivity index (χ4v) is 1.49. The minimum absolute atomic E-state index is 0.154. The van der Waals surface area contributed by atoms with E-state index in [-0.39, 0.29) is 6.10 Å². The Morgan fingerprint density at radius 3 is 3.00 bits per heavy atom. The highest BCUT2D eigenvalue weighted by molar-refractivity contribution is 7.99. The van der Waals surface area contributed by atoms with Gasteiger partial charge in [0.15, 0.2) is 0 Å². The van der Waals surface area contributed by atoms with Crippen LogP contribution in [0.3, 0.4) is 0 Å². The van der Waals surface area contributed by atoms with E-state index >= 15 is 0 Å². The molecule has 1 aromatic heterocycles. The van der Waals surface area contributed by atoms with Gasteiger partial charge in [-0.05, 0) is 13.8 Å². The van der Waals surface area contributed by atoms with Crippen molar-refractivity contribution in [1.82, 2.24) is 15.4 Å². The molecule has 6 heteroatoms. The Labute approximate surface area is 87.2 Å². The number of hydrogen-bond donors (Lipinski definition) is 2. The molecule has 0 saturated carbocycles. The molecule has 0 saturated heterocycles. The Morgan fingerprint density at radius 2 is 2.43 bits per heavy atom. The summed E-state index contributed by atoms with van der Waals surface area (Å²) in [7, 11) is 0. The van der Waals surface area contributed by atoms with Crippen molar-refractivity contribution in [1.29, 1.82) is 0 Å². The lowest BCUT2D eigenvalue weighted by Gasteiger charge is -2.12. The Kier molecular flexibility index (Phi) is 4.92. The summed E-state index contributed by atoms with van der Waals surface area (Å²) in [5.41, 5.74) is 0. The van der Waals surface area contributed by atoms with Crippen LogP contribution >= 0.6 is 11.8 Å². The van der Waals surface area contributed by atoms with Crippen LogP contribution in [0, 0.1) is 0 Å². The molecule has 14 heavy (non-hydrogen) atoms.